The van der Waals surface area contributed by atoms with Crippen molar-refractivity contribution in [1.82, 2.24) is 24.5 Å². The summed E-state index contributed by atoms with van der Waals surface area (Å²) in [6, 6.07) is 2.64. The predicted octanol–water partition coefficient (Wildman–Crippen LogP) is 1.01. The molecule has 2 aliphatic rings. The molecule has 5 rings (SSSR count). The second-order valence-electron chi connectivity index (χ2n) is 7.88. The second kappa shape index (κ2) is 7.75. The number of piperazine rings is 1. The number of carbonyl (C=O) groups is 1. The number of hydrogen-bond acceptors (Lipinski definition) is 8. The van der Waals surface area contributed by atoms with Gasteiger partial charge in [0.1, 0.15) is 5.56 Å². The van der Waals surface area contributed by atoms with Crippen molar-refractivity contribution >= 4 is 28.7 Å². The van der Waals surface area contributed by atoms with Gasteiger partial charge in [-0.15, -0.1) is 5.10 Å². The van der Waals surface area contributed by atoms with Crippen molar-refractivity contribution in [3.05, 3.63) is 42.2 Å². The molecule has 1 amide bonds. The Labute approximate surface area is 177 Å². The molecule has 2 aliphatic heterocycles. The lowest BCUT2D eigenvalue weighted by molar-refractivity contribution is -0.0691. The number of aromatic nitrogens is 4. The SMILES string of the molecule is CC1CN(C2COC2)CCN1c1ccncc1NC(=O)c1c(N)nn2cc(F)cnc12. The van der Waals surface area contributed by atoms with E-state index in [2.05, 4.69) is 37.1 Å². The first-order chi connectivity index (χ1) is 15.0. The number of nitrogens with one attached hydrogen (secondary N) is 1. The monoisotopic (exact) mass is 426 g/mol. The molecule has 2 fully saturated rings. The van der Waals surface area contributed by atoms with Crippen molar-refractivity contribution < 1.29 is 13.9 Å². The molecular formula is C20H23FN8O2. The maximum atomic E-state index is 13.4. The van der Waals surface area contributed by atoms with E-state index < -0.39 is 11.7 Å². The van der Waals surface area contributed by atoms with Gasteiger partial charge < -0.3 is 20.7 Å². The molecule has 0 saturated carbocycles. The smallest absolute Gasteiger partial charge is 0.263 e. The number of nitrogens with zero attached hydrogens (tertiary/aromatic N) is 6. The fourth-order valence-electron chi connectivity index (χ4n) is 4.18. The minimum atomic E-state index is -0.571. The quantitative estimate of drug-likeness (QED) is 0.635. The molecule has 11 heteroatoms. The van der Waals surface area contributed by atoms with Crippen LogP contribution in [0, 0.1) is 5.82 Å². The number of amides is 1. The molecule has 0 bridgehead atoms. The first-order valence-electron chi connectivity index (χ1n) is 10.1. The zero-order valence-electron chi connectivity index (χ0n) is 17.0. The van der Waals surface area contributed by atoms with Gasteiger partial charge in [0.2, 0.25) is 0 Å². The number of nitrogen functional groups attached to an aromatic ring is 1. The Morgan fingerprint density at radius 3 is 2.90 bits per heavy atom. The summed E-state index contributed by atoms with van der Waals surface area (Å²) in [5.41, 5.74) is 7.66. The van der Waals surface area contributed by atoms with Crippen LogP contribution in [-0.4, -0.2) is 75.3 Å². The van der Waals surface area contributed by atoms with Gasteiger partial charge in [0.25, 0.3) is 5.91 Å². The van der Waals surface area contributed by atoms with E-state index in [4.69, 9.17) is 10.5 Å². The van der Waals surface area contributed by atoms with Crippen LogP contribution in [-0.2, 0) is 4.74 Å². The Kier molecular flexibility index (Phi) is 4.91. The molecule has 0 spiro atoms. The third kappa shape index (κ3) is 3.55. The number of fused-ring (bicyclic) bond motifs is 1. The number of anilines is 3. The minimum Gasteiger partial charge on any atom is -0.381 e. The van der Waals surface area contributed by atoms with Crippen LogP contribution in [0.5, 0.6) is 0 Å². The molecule has 2 saturated heterocycles. The first-order valence-corrected chi connectivity index (χ1v) is 10.1. The van der Waals surface area contributed by atoms with E-state index in [1.54, 1.807) is 12.4 Å². The molecule has 0 aromatic carbocycles. The van der Waals surface area contributed by atoms with Crippen molar-refractivity contribution in [2.24, 2.45) is 0 Å². The van der Waals surface area contributed by atoms with Crippen LogP contribution in [0.2, 0.25) is 0 Å². The molecule has 1 unspecified atom stereocenters. The van der Waals surface area contributed by atoms with Gasteiger partial charge in [0.15, 0.2) is 17.3 Å². The molecular weight excluding hydrogens is 403 g/mol. The lowest BCUT2D eigenvalue weighted by atomic mass is 10.1. The predicted molar refractivity (Wildman–Crippen MR) is 113 cm³/mol. The van der Waals surface area contributed by atoms with Crippen LogP contribution in [0.15, 0.2) is 30.9 Å². The van der Waals surface area contributed by atoms with E-state index in [1.807, 2.05) is 6.07 Å². The fourth-order valence-corrected chi connectivity index (χ4v) is 4.18. The Morgan fingerprint density at radius 1 is 1.32 bits per heavy atom. The van der Waals surface area contributed by atoms with Crippen molar-refractivity contribution in [3.8, 4) is 0 Å². The Bertz CT molecular complexity index is 1130. The number of carbonyl (C=O) groups excluding carboxylic acids is 1. The van der Waals surface area contributed by atoms with Gasteiger partial charge in [-0.2, -0.15) is 0 Å². The van der Waals surface area contributed by atoms with Crippen LogP contribution in [0.3, 0.4) is 0 Å². The zero-order chi connectivity index (χ0) is 21.5. The first kappa shape index (κ1) is 19.6. The van der Waals surface area contributed by atoms with Crippen LogP contribution in [0.4, 0.5) is 21.6 Å². The van der Waals surface area contributed by atoms with E-state index in [1.165, 1.54) is 0 Å². The van der Waals surface area contributed by atoms with Gasteiger partial charge in [-0.05, 0) is 13.0 Å². The summed E-state index contributed by atoms with van der Waals surface area (Å²) in [5, 5.41) is 6.88. The number of rotatable bonds is 4. The summed E-state index contributed by atoms with van der Waals surface area (Å²) < 4.78 is 19.9. The van der Waals surface area contributed by atoms with Crippen molar-refractivity contribution in [2.45, 2.75) is 19.0 Å². The highest BCUT2D eigenvalue weighted by atomic mass is 19.1. The van der Waals surface area contributed by atoms with Gasteiger partial charge in [0, 0.05) is 31.9 Å². The van der Waals surface area contributed by atoms with Crippen molar-refractivity contribution in [1.29, 1.82) is 0 Å². The number of ether oxygens (including phenoxy) is 1. The lowest BCUT2D eigenvalue weighted by Crippen LogP contribution is -2.59. The Balaban J connectivity index is 1.39. The van der Waals surface area contributed by atoms with Gasteiger partial charge >= 0.3 is 0 Å². The highest BCUT2D eigenvalue weighted by Crippen LogP contribution is 2.30. The third-order valence-corrected chi connectivity index (χ3v) is 5.85. The highest BCUT2D eigenvalue weighted by Gasteiger charge is 2.33. The van der Waals surface area contributed by atoms with E-state index in [-0.39, 0.29) is 23.1 Å². The summed E-state index contributed by atoms with van der Waals surface area (Å²) >= 11 is 0. The van der Waals surface area contributed by atoms with E-state index in [0.717, 1.165) is 55.4 Å². The molecule has 0 aliphatic carbocycles. The van der Waals surface area contributed by atoms with Crippen LogP contribution in [0.25, 0.3) is 5.65 Å². The molecule has 31 heavy (non-hydrogen) atoms. The number of hydrogen-bond donors (Lipinski definition) is 2. The summed E-state index contributed by atoms with van der Waals surface area (Å²) in [6.07, 6.45) is 5.47. The van der Waals surface area contributed by atoms with Crippen molar-refractivity contribution in [2.75, 3.05) is 48.8 Å². The number of pyridine rings is 1. The van der Waals surface area contributed by atoms with Gasteiger partial charge in [-0.25, -0.2) is 13.9 Å². The Morgan fingerprint density at radius 2 is 2.16 bits per heavy atom. The van der Waals surface area contributed by atoms with E-state index >= 15 is 0 Å². The lowest BCUT2D eigenvalue weighted by Gasteiger charge is -2.46. The minimum absolute atomic E-state index is 0.0225. The summed E-state index contributed by atoms with van der Waals surface area (Å²) in [7, 11) is 0. The molecule has 0 radical (unpaired) electrons. The normalized spacial score (nSPS) is 20.1. The molecule has 3 aromatic rings. The standard InChI is InChI=1S/C20H23FN8O2/c1-12-8-27(14-10-31-11-14)4-5-28(12)16-2-3-23-7-15(16)25-20(30)17-18(22)26-29-9-13(21)6-24-19(17)29/h2-3,6-7,9,12,14H,4-5,8,10-11H2,1H3,(H2,22,26)(H,25,30). The topological polar surface area (TPSA) is 114 Å². The number of nitrogens with two attached hydrogens (primary N) is 1. The zero-order valence-corrected chi connectivity index (χ0v) is 17.0. The Hall–Kier alpha value is -3.31. The molecule has 3 aromatic heterocycles. The van der Waals surface area contributed by atoms with Crippen LogP contribution >= 0.6 is 0 Å². The van der Waals surface area contributed by atoms with Gasteiger partial charge in [-0.3, -0.25) is 14.7 Å². The van der Waals surface area contributed by atoms with Gasteiger partial charge in [-0.1, -0.05) is 0 Å². The summed E-state index contributed by atoms with van der Waals surface area (Å²) in [4.78, 5) is 25.9. The maximum Gasteiger partial charge on any atom is 0.263 e. The molecule has 3 N–H and O–H groups in total. The third-order valence-electron chi connectivity index (χ3n) is 5.85. The molecule has 10 nitrogen and oxygen atoms in total. The maximum absolute atomic E-state index is 13.4. The molecule has 162 valence electrons. The average molecular weight is 426 g/mol. The van der Waals surface area contributed by atoms with E-state index in [0.29, 0.717) is 11.7 Å². The summed E-state index contributed by atoms with van der Waals surface area (Å²) in [6.45, 7) is 6.42. The second-order valence-corrected chi connectivity index (χ2v) is 7.88. The van der Waals surface area contributed by atoms with Crippen LogP contribution < -0.4 is 16.0 Å². The molecule has 1 atom stereocenters. The average Bonchev–Trinajstić information content (AvgIpc) is 3.02. The van der Waals surface area contributed by atoms with Crippen LogP contribution in [0.1, 0.15) is 17.3 Å². The highest BCUT2D eigenvalue weighted by molar-refractivity contribution is 6.12. The van der Waals surface area contributed by atoms with Gasteiger partial charge in [0.05, 0.1) is 49.2 Å². The number of halogens is 1. The van der Waals surface area contributed by atoms with Crippen molar-refractivity contribution in [3.63, 3.8) is 0 Å². The van der Waals surface area contributed by atoms with E-state index in [9.17, 15) is 9.18 Å². The summed E-state index contributed by atoms with van der Waals surface area (Å²) in [5.74, 6) is -1.07. The largest absolute Gasteiger partial charge is 0.381 e. The molecule has 5 heterocycles. The fraction of sp³-hybridized carbons (Fsp3) is 0.400.